The Morgan fingerprint density at radius 2 is 1.72 bits per heavy atom. The highest BCUT2D eigenvalue weighted by Crippen LogP contribution is 2.28. The van der Waals surface area contributed by atoms with E-state index in [1.807, 2.05) is 24.3 Å². The maximum absolute atomic E-state index is 12.0. The first-order chi connectivity index (χ1) is 15.4. The minimum absolute atomic E-state index is 0.192. The number of nitrogens with one attached hydrogen (secondary N) is 1. The van der Waals surface area contributed by atoms with Crippen LogP contribution in [0.1, 0.15) is 21.5 Å². The fraction of sp³-hybridized carbons (Fsp3) is 0.0870. The topological polar surface area (TPSA) is 97.2 Å². The zero-order chi connectivity index (χ0) is 22.9. The van der Waals surface area contributed by atoms with Gasteiger partial charge in [0.2, 0.25) is 0 Å². The van der Waals surface area contributed by atoms with E-state index in [4.69, 9.17) is 14.6 Å². The predicted octanol–water partition coefficient (Wildman–Crippen LogP) is 5.02. The van der Waals surface area contributed by atoms with Gasteiger partial charge in [-0.15, -0.1) is 0 Å². The summed E-state index contributed by atoms with van der Waals surface area (Å²) in [6.45, 7) is 0.0646. The van der Waals surface area contributed by atoms with E-state index >= 15 is 0 Å². The van der Waals surface area contributed by atoms with Crippen LogP contribution in [0.3, 0.4) is 0 Å². The Hall–Kier alpha value is -3.17. The van der Waals surface area contributed by atoms with Gasteiger partial charge in [0.1, 0.15) is 18.1 Å². The number of carboxylic acids is 1. The SMILES string of the molecule is O=C(COc1ccc(Br)cc1Br)N/N=C/c1ccccc1OCc1ccc(C(=O)O)cc1. The molecule has 0 aliphatic rings. The van der Waals surface area contributed by atoms with Crippen LogP contribution in [0.2, 0.25) is 0 Å². The lowest BCUT2D eigenvalue weighted by Gasteiger charge is -2.09. The van der Waals surface area contributed by atoms with Gasteiger partial charge in [-0.25, -0.2) is 10.2 Å². The molecule has 0 aliphatic carbocycles. The highest BCUT2D eigenvalue weighted by atomic mass is 79.9. The molecule has 0 heterocycles. The average Bonchev–Trinajstić information content (AvgIpc) is 2.78. The maximum atomic E-state index is 12.0. The first kappa shape index (κ1) is 23.5. The standard InChI is InChI=1S/C23H18Br2N2O5/c24-18-9-10-21(19(25)11-18)32-14-22(28)27-26-12-17-3-1-2-4-20(17)31-13-15-5-7-16(8-6-15)23(29)30/h1-12H,13-14H2,(H,27,28)(H,29,30)/b26-12+. The summed E-state index contributed by atoms with van der Waals surface area (Å²) in [6, 6.07) is 19.1. The molecular weight excluding hydrogens is 544 g/mol. The van der Waals surface area contributed by atoms with E-state index in [-0.39, 0.29) is 18.8 Å². The van der Waals surface area contributed by atoms with Gasteiger partial charge in [-0.3, -0.25) is 4.79 Å². The summed E-state index contributed by atoms with van der Waals surface area (Å²) in [5.41, 5.74) is 4.13. The van der Waals surface area contributed by atoms with Gasteiger partial charge in [-0.05, 0) is 64.0 Å². The number of carboxylic acid groups (broad SMARTS) is 1. The third kappa shape index (κ3) is 6.93. The molecule has 9 heteroatoms. The highest BCUT2D eigenvalue weighted by Gasteiger charge is 2.07. The van der Waals surface area contributed by atoms with Gasteiger partial charge in [0.05, 0.1) is 16.3 Å². The molecule has 3 rings (SSSR count). The number of hydrazone groups is 1. The summed E-state index contributed by atoms with van der Waals surface area (Å²) < 4.78 is 12.9. The fourth-order valence-electron chi connectivity index (χ4n) is 2.56. The van der Waals surface area contributed by atoms with E-state index in [0.29, 0.717) is 17.1 Å². The molecule has 32 heavy (non-hydrogen) atoms. The van der Waals surface area contributed by atoms with Crippen LogP contribution in [0, 0.1) is 0 Å². The third-order valence-electron chi connectivity index (χ3n) is 4.16. The van der Waals surface area contributed by atoms with E-state index < -0.39 is 11.9 Å². The summed E-state index contributed by atoms with van der Waals surface area (Å²) in [6.07, 6.45) is 1.48. The molecule has 3 aromatic carbocycles. The minimum Gasteiger partial charge on any atom is -0.488 e. The molecule has 0 atom stereocenters. The predicted molar refractivity (Wildman–Crippen MR) is 127 cm³/mol. The van der Waals surface area contributed by atoms with Crippen LogP contribution >= 0.6 is 31.9 Å². The van der Waals surface area contributed by atoms with Crippen LogP contribution in [0.5, 0.6) is 11.5 Å². The lowest BCUT2D eigenvalue weighted by Crippen LogP contribution is -2.24. The number of hydrogen-bond donors (Lipinski definition) is 2. The smallest absolute Gasteiger partial charge is 0.335 e. The first-order valence-electron chi connectivity index (χ1n) is 9.36. The molecule has 1 amide bonds. The zero-order valence-corrected chi connectivity index (χ0v) is 19.8. The molecule has 164 valence electrons. The molecule has 7 nitrogen and oxygen atoms in total. The van der Waals surface area contributed by atoms with Gasteiger partial charge in [0.25, 0.3) is 5.91 Å². The summed E-state index contributed by atoms with van der Waals surface area (Å²) in [4.78, 5) is 22.9. The van der Waals surface area contributed by atoms with Crippen molar-refractivity contribution in [1.82, 2.24) is 5.43 Å². The summed E-state index contributed by atoms with van der Waals surface area (Å²) >= 11 is 6.73. The van der Waals surface area contributed by atoms with Crippen molar-refractivity contribution < 1.29 is 24.2 Å². The molecular formula is C23H18Br2N2O5. The summed E-state index contributed by atoms with van der Waals surface area (Å²) in [5, 5.41) is 12.9. The molecule has 2 N–H and O–H groups in total. The van der Waals surface area contributed by atoms with E-state index in [9.17, 15) is 9.59 Å². The Morgan fingerprint density at radius 1 is 0.969 bits per heavy atom. The number of carbonyl (C=O) groups is 2. The van der Waals surface area contributed by atoms with Crippen LogP contribution in [-0.4, -0.2) is 29.8 Å². The van der Waals surface area contributed by atoms with Gasteiger partial charge < -0.3 is 14.6 Å². The number of amides is 1. The number of halogens is 2. The van der Waals surface area contributed by atoms with Crippen molar-refractivity contribution in [3.8, 4) is 11.5 Å². The summed E-state index contributed by atoms with van der Waals surface area (Å²) in [5.74, 6) is -0.269. The Labute approximate surface area is 201 Å². The van der Waals surface area contributed by atoms with Gasteiger partial charge in [-0.2, -0.15) is 5.10 Å². The molecule has 0 spiro atoms. The van der Waals surface area contributed by atoms with Crippen LogP contribution in [0.15, 0.2) is 80.8 Å². The van der Waals surface area contributed by atoms with Crippen molar-refractivity contribution >= 4 is 50.0 Å². The third-order valence-corrected chi connectivity index (χ3v) is 5.27. The molecule has 0 unspecified atom stereocenters. The molecule has 0 saturated heterocycles. The lowest BCUT2D eigenvalue weighted by atomic mass is 10.1. The van der Waals surface area contributed by atoms with Crippen molar-refractivity contribution in [3.05, 3.63) is 92.4 Å². The van der Waals surface area contributed by atoms with Crippen molar-refractivity contribution in [3.63, 3.8) is 0 Å². The van der Waals surface area contributed by atoms with E-state index in [2.05, 4.69) is 42.4 Å². The van der Waals surface area contributed by atoms with Crippen LogP contribution in [0.25, 0.3) is 0 Å². The molecule has 0 bridgehead atoms. The first-order valence-corrected chi connectivity index (χ1v) is 10.9. The minimum atomic E-state index is -0.976. The normalized spacial score (nSPS) is 10.7. The van der Waals surface area contributed by atoms with Gasteiger partial charge in [-0.1, -0.05) is 40.2 Å². The Balaban J connectivity index is 1.53. The van der Waals surface area contributed by atoms with Gasteiger partial charge in [0.15, 0.2) is 6.61 Å². The quantitative estimate of drug-likeness (QED) is 0.282. The second-order valence-corrected chi connectivity index (χ2v) is 8.26. The van der Waals surface area contributed by atoms with E-state index in [1.54, 1.807) is 30.3 Å². The van der Waals surface area contributed by atoms with Crippen molar-refractivity contribution in [2.75, 3.05) is 6.61 Å². The van der Waals surface area contributed by atoms with E-state index in [0.717, 1.165) is 14.5 Å². The lowest BCUT2D eigenvalue weighted by molar-refractivity contribution is -0.123. The number of nitrogens with zero attached hydrogens (tertiary/aromatic N) is 1. The average molecular weight is 562 g/mol. The van der Waals surface area contributed by atoms with Crippen LogP contribution < -0.4 is 14.9 Å². The van der Waals surface area contributed by atoms with E-state index in [1.165, 1.54) is 18.3 Å². The van der Waals surface area contributed by atoms with Crippen molar-refractivity contribution in [1.29, 1.82) is 0 Å². The monoisotopic (exact) mass is 560 g/mol. The van der Waals surface area contributed by atoms with Crippen LogP contribution in [-0.2, 0) is 11.4 Å². The second kappa shape index (κ2) is 11.4. The largest absolute Gasteiger partial charge is 0.488 e. The van der Waals surface area contributed by atoms with Gasteiger partial charge >= 0.3 is 5.97 Å². The number of ether oxygens (including phenoxy) is 2. The Bertz CT molecular complexity index is 1130. The fourth-order valence-corrected chi connectivity index (χ4v) is 3.73. The van der Waals surface area contributed by atoms with Crippen molar-refractivity contribution in [2.24, 2.45) is 5.10 Å². The van der Waals surface area contributed by atoms with Crippen molar-refractivity contribution in [2.45, 2.75) is 6.61 Å². The molecule has 0 saturated carbocycles. The second-order valence-electron chi connectivity index (χ2n) is 6.49. The number of benzene rings is 3. The Morgan fingerprint density at radius 3 is 2.44 bits per heavy atom. The maximum Gasteiger partial charge on any atom is 0.335 e. The highest BCUT2D eigenvalue weighted by molar-refractivity contribution is 9.11. The van der Waals surface area contributed by atoms with Gasteiger partial charge in [0, 0.05) is 10.0 Å². The number of rotatable bonds is 9. The zero-order valence-electron chi connectivity index (χ0n) is 16.6. The molecule has 0 radical (unpaired) electrons. The number of carbonyl (C=O) groups excluding carboxylic acids is 1. The molecule has 0 aromatic heterocycles. The molecule has 3 aromatic rings. The number of aromatic carboxylic acids is 1. The molecule has 0 fully saturated rings. The Kier molecular flexibility index (Phi) is 8.41. The summed E-state index contributed by atoms with van der Waals surface area (Å²) in [7, 11) is 0. The number of para-hydroxylation sites is 1. The number of hydrogen-bond acceptors (Lipinski definition) is 5. The van der Waals surface area contributed by atoms with Crippen LogP contribution in [0.4, 0.5) is 0 Å². The molecule has 0 aliphatic heterocycles.